The third-order valence-corrected chi connectivity index (χ3v) is 9.17. The van der Waals surface area contributed by atoms with Crippen molar-refractivity contribution < 1.29 is 49.0 Å². The Bertz CT molecular complexity index is 1600. The van der Waals surface area contributed by atoms with E-state index in [2.05, 4.69) is 139 Å². The van der Waals surface area contributed by atoms with E-state index in [9.17, 15) is 0 Å². The molecule has 1 aliphatic rings. The maximum absolute atomic E-state index is 5.88. The summed E-state index contributed by atoms with van der Waals surface area (Å²) < 4.78 is 1.36. The van der Waals surface area contributed by atoms with Crippen LogP contribution in [0.4, 0.5) is 0 Å². The molecule has 0 N–H and O–H groups in total. The molecule has 0 radical (unpaired) electrons. The van der Waals surface area contributed by atoms with Gasteiger partial charge in [0.1, 0.15) is 0 Å². The fourth-order valence-electron chi connectivity index (χ4n) is 4.78. The Morgan fingerprint density at radius 1 is 0.705 bits per heavy atom. The Hall–Kier alpha value is -2.15. The molecule has 5 aromatic carbocycles. The van der Waals surface area contributed by atoms with Gasteiger partial charge >= 0.3 is 116 Å². The van der Waals surface area contributed by atoms with Crippen LogP contribution in [0, 0.1) is 13.0 Å². The molecule has 0 atom stereocenters. The van der Waals surface area contributed by atoms with Crippen molar-refractivity contribution >= 4 is 36.4 Å². The van der Waals surface area contributed by atoms with Crippen molar-refractivity contribution in [3.8, 4) is 0 Å². The van der Waals surface area contributed by atoms with Crippen molar-refractivity contribution in [1.82, 2.24) is 0 Å². The Morgan fingerprint density at radius 3 is 1.52 bits per heavy atom. The van der Waals surface area contributed by atoms with Gasteiger partial charge in [0.15, 0.2) is 0 Å². The SMILES string of the molecule is CC(C)(C)c1ccc2[cH-]c3ccc(C(C)(C)C)cc3c2c1.Cc1ccc([C](=[Zr+2])c2ccc(Cl)cc2)cc1.[C-]1=CC=CC1.[Cl-].[Cl-]. The number of fused-ring (bicyclic) bond motifs is 3. The molecule has 0 amide bonds. The van der Waals surface area contributed by atoms with Crippen LogP contribution >= 0.6 is 11.6 Å². The zero-order valence-corrected chi connectivity index (χ0v) is 31.5. The molecule has 0 heterocycles. The third kappa shape index (κ3) is 10.2. The second kappa shape index (κ2) is 16.4. The first-order chi connectivity index (χ1) is 19.8. The number of benzene rings is 4. The summed E-state index contributed by atoms with van der Waals surface area (Å²) in [5.41, 5.74) is 7.05. The molecule has 44 heavy (non-hydrogen) atoms. The minimum atomic E-state index is 0. The molecule has 0 saturated heterocycles. The van der Waals surface area contributed by atoms with E-state index in [4.69, 9.17) is 11.6 Å². The Labute approximate surface area is 297 Å². The fraction of sp³-hybridized carbons (Fsp3) is 0.250. The molecule has 0 aliphatic heterocycles. The normalized spacial score (nSPS) is 12.0. The van der Waals surface area contributed by atoms with Gasteiger partial charge in [0.25, 0.3) is 0 Å². The number of allylic oxidation sites excluding steroid dienone is 4. The summed E-state index contributed by atoms with van der Waals surface area (Å²) in [6.45, 7) is 15.8. The van der Waals surface area contributed by atoms with Crippen LogP contribution in [0.15, 0.2) is 109 Å². The van der Waals surface area contributed by atoms with Gasteiger partial charge in [-0.2, -0.15) is 6.08 Å². The number of hydrogen-bond donors (Lipinski definition) is 0. The van der Waals surface area contributed by atoms with E-state index in [1.165, 1.54) is 76.8 Å². The average molecular weight is 719 g/mol. The molecule has 0 aromatic heterocycles. The molecule has 0 spiro atoms. The molecule has 6 rings (SSSR count). The molecule has 228 valence electrons. The summed E-state index contributed by atoms with van der Waals surface area (Å²) in [5, 5.41) is 6.27. The second-order valence-electron chi connectivity index (χ2n) is 13.0. The van der Waals surface area contributed by atoms with E-state index in [0.717, 1.165) is 11.4 Å². The number of aryl methyl sites for hydroxylation is 1. The topological polar surface area (TPSA) is 0 Å². The van der Waals surface area contributed by atoms with Crippen molar-refractivity contribution in [3.05, 3.63) is 148 Å². The van der Waals surface area contributed by atoms with Gasteiger partial charge in [-0.05, 0) is 10.8 Å². The van der Waals surface area contributed by atoms with Gasteiger partial charge in [-0.25, -0.2) is 12.2 Å². The molecule has 0 nitrogen and oxygen atoms in total. The summed E-state index contributed by atoms with van der Waals surface area (Å²) in [6, 6.07) is 32.8. The fourth-order valence-corrected chi connectivity index (χ4v) is 5.72. The number of rotatable bonds is 2. The first kappa shape index (κ1) is 38.0. The van der Waals surface area contributed by atoms with Gasteiger partial charge in [-0.15, -0.1) is 46.2 Å². The van der Waals surface area contributed by atoms with E-state index in [1.54, 1.807) is 0 Å². The minimum absolute atomic E-state index is 0. The van der Waals surface area contributed by atoms with Crippen LogP contribution in [0.25, 0.3) is 21.5 Å². The summed E-state index contributed by atoms with van der Waals surface area (Å²) in [7, 11) is 0. The number of hydrogen-bond acceptors (Lipinski definition) is 0. The van der Waals surface area contributed by atoms with Crippen LogP contribution in [0.5, 0.6) is 0 Å². The van der Waals surface area contributed by atoms with Crippen LogP contribution in [-0.4, -0.2) is 3.21 Å². The van der Waals surface area contributed by atoms with Crippen molar-refractivity contribution in [2.24, 2.45) is 0 Å². The Balaban J connectivity index is 0.000000260. The average Bonchev–Trinajstić information content (AvgIpc) is 3.64. The standard InChI is InChI=1S/C21H25.C14H11Cl.C5H5.2ClH.Zr/c1-20(2,3)16-9-7-14-11-15-8-10-17(21(4,5)6)13-19(15)18(14)12-16;1-11-2-4-12(5-3-11)10-13-6-8-14(15)9-7-13;1-2-4-5-3-1;;;/h7-13H,1-6H3;2-9H,1H3;1-3H,4H2;2*1H;/q-1;;-1;;;+2/p-2. The van der Waals surface area contributed by atoms with Gasteiger partial charge in [0.05, 0.1) is 0 Å². The monoisotopic (exact) mass is 716 g/mol. The molecule has 0 saturated carbocycles. The summed E-state index contributed by atoms with van der Waals surface area (Å²) in [5.74, 6) is 0. The van der Waals surface area contributed by atoms with E-state index >= 15 is 0 Å². The van der Waals surface area contributed by atoms with E-state index in [0.29, 0.717) is 0 Å². The first-order valence-corrected chi connectivity index (χ1v) is 16.2. The molecule has 0 bridgehead atoms. The van der Waals surface area contributed by atoms with Crippen LogP contribution in [0.1, 0.15) is 75.8 Å². The van der Waals surface area contributed by atoms with Gasteiger partial charge in [0.2, 0.25) is 0 Å². The van der Waals surface area contributed by atoms with Gasteiger partial charge < -0.3 is 24.8 Å². The Kier molecular flexibility index (Phi) is 14.2. The van der Waals surface area contributed by atoms with Crippen LogP contribution < -0.4 is 24.8 Å². The van der Waals surface area contributed by atoms with Crippen molar-refractivity contribution in [3.63, 3.8) is 0 Å². The molecular weight excluding hydrogens is 678 g/mol. The van der Waals surface area contributed by atoms with Crippen molar-refractivity contribution in [2.45, 2.75) is 65.7 Å². The molecule has 5 aromatic rings. The largest absolute Gasteiger partial charge is 1.00 e. The smallest absolute Gasteiger partial charge is 0.109 e. The van der Waals surface area contributed by atoms with Crippen LogP contribution in [0.3, 0.4) is 0 Å². The summed E-state index contributed by atoms with van der Waals surface area (Å²) in [6.07, 6.45) is 10.0. The quantitative estimate of drug-likeness (QED) is 0.215. The first-order valence-electron chi connectivity index (χ1n) is 14.6. The maximum Gasteiger partial charge on any atom is -0.109 e. The number of halogens is 3. The van der Waals surface area contributed by atoms with E-state index in [1.807, 2.05) is 24.3 Å². The van der Waals surface area contributed by atoms with E-state index < -0.39 is 0 Å². The van der Waals surface area contributed by atoms with Gasteiger partial charge in [-0.3, -0.25) is 6.08 Å². The van der Waals surface area contributed by atoms with Crippen molar-refractivity contribution in [1.29, 1.82) is 0 Å². The van der Waals surface area contributed by atoms with Crippen LogP contribution in [-0.2, 0) is 35.1 Å². The zero-order chi connectivity index (χ0) is 30.5. The molecule has 1 aliphatic carbocycles. The van der Waals surface area contributed by atoms with E-state index in [-0.39, 0.29) is 35.6 Å². The molecule has 4 heteroatoms. The third-order valence-electron chi connectivity index (χ3n) is 7.50. The predicted molar refractivity (Wildman–Crippen MR) is 182 cm³/mol. The minimum Gasteiger partial charge on any atom is -1.00 e. The predicted octanol–water partition coefficient (Wildman–Crippen LogP) is 5.38. The summed E-state index contributed by atoms with van der Waals surface area (Å²) >= 11 is 7.30. The maximum atomic E-state index is 5.88. The van der Waals surface area contributed by atoms with Crippen molar-refractivity contribution in [2.75, 3.05) is 0 Å². The second-order valence-corrected chi connectivity index (χ2v) is 14.7. The van der Waals surface area contributed by atoms with Gasteiger partial charge in [0, 0.05) is 0 Å². The van der Waals surface area contributed by atoms with Gasteiger partial charge in [-0.1, -0.05) is 76.9 Å². The zero-order valence-electron chi connectivity index (χ0n) is 26.7. The molecule has 0 fully saturated rings. The molecule has 0 unspecified atom stereocenters. The summed E-state index contributed by atoms with van der Waals surface area (Å²) in [4.78, 5) is 0. The Morgan fingerprint density at radius 2 is 1.16 bits per heavy atom. The van der Waals surface area contributed by atoms with Crippen LogP contribution in [0.2, 0.25) is 5.02 Å². The molecular formula is C40H41Cl3Zr-2.